The van der Waals surface area contributed by atoms with Gasteiger partial charge in [0.25, 0.3) is 0 Å². The molecule has 0 radical (unpaired) electrons. The summed E-state index contributed by atoms with van der Waals surface area (Å²) in [7, 11) is 0. The molecule has 2 aromatic rings. The molecule has 84 valence electrons. The number of aromatic carboxylic acids is 1. The lowest BCUT2D eigenvalue weighted by atomic mass is 9.98. The molecule has 1 aromatic carbocycles. The summed E-state index contributed by atoms with van der Waals surface area (Å²) in [5, 5.41) is 10.3. The highest BCUT2D eigenvalue weighted by Crippen LogP contribution is 2.36. The average Bonchev–Trinajstić information content (AvgIpc) is 2.55. The van der Waals surface area contributed by atoms with Crippen molar-refractivity contribution in [2.75, 3.05) is 0 Å². The van der Waals surface area contributed by atoms with Gasteiger partial charge >= 0.3 is 5.97 Å². The van der Waals surface area contributed by atoms with Crippen LogP contribution in [-0.4, -0.2) is 11.1 Å². The van der Waals surface area contributed by atoms with Gasteiger partial charge in [0.2, 0.25) is 0 Å². The Morgan fingerprint density at radius 1 is 1.38 bits per heavy atom. The van der Waals surface area contributed by atoms with E-state index < -0.39 is 5.97 Å². The van der Waals surface area contributed by atoms with Gasteiger partial charge in [-0.05, 0) is 29.9 Å². The molecule has 2 rings (SSSR count). The zero-order valence-corrected chi connectivity index (χ0v) is 10.4. The maximum absolute atomic E-state index is 11.2. The quantitative estimate of drug-likeness (QED) is 0.851. The van der Waals surface area contributed by atoms with E-state index in [4.69, 9.17) is 0 Å². The van der Waals surface area contributed by atoms with Gasteiger partial charge in [-0.15, -0.1) is 11.3 Å². The molecule has 1 heterocycles. The Balaban J connectivity index is 2.82. The summed E-state index contributed by atoms with van der Waals surface area (Å²) < 4.78 is 1.06. The van der Waals surface area contributed by atoms with Gasteiger partial charge in [0.15, 0.2) is 0 Å². The number of carboxylic acids is 1. The standard InChI is InChI=1S/C13H14O2S/c1-7(2)11-9-6-8(3)4-5-10(9)16-12(11)13(14)15/h4-7H,1-3H3,(H,14,15). The molecule has 0 spiro atoms. The molecule has 16 heavy (non-hydrogen) atoms. The van der Waals surface area contributed by atoms with Crippen molar-refractivity contribution in [2.45, 2.75) is 26.7 Å². The molecule has 3 heteroatoms. The van der Waals surface area contributed by atoms with Gasteiger partial charge in [-0.2, -0.15) is 0 Å². The number of thiophene rings is 1. The van der Waals surface area contributed by atoms with E-state index in [1.54, 1.807) is 0 Å². The molecule has 0 aliphatic heterocycles. The van der Waals surface area contributed by atoms with Crippen LogP contribution in [0.2, 0.25) is 0 Å². The smallest absolute Gasteiger partial charge is 0.346 e. The zero-order valence-electron chi connectivity index (χ0n) is 9.57. The van der Waals surface area contributed by atoms with Crippen LogP contribution in [0.1, 0.15) is 40.6 Å². The fourth-order valence-electron chi connectivity index (χ4n) is 1.96. The molecule has 1 N–H and O–H groups in total. The van der Waals surface area contributed by atoms with Crippen LogP contribution in [0.3, 0.4) is 0 Å². The Morgan fingerprint density at radius 3 is 2.62 bits per heavy atom. The van der Waals surface area contributed by atoms with E-state index in [-0.39, 0.29) is 5.92 Å². The van der Waals surface area contributed by atoms with Gasteiger partial charge in [0.05, 0.1) is 0 Å². The van der Waals surface area contributed by atoms with Crippen LogP contribution >= 0.6 is 11.3 Å². The number of fused-ring (bicyclic) bond motifs is 1. The molecule has 0 aliphatic rings. The van der Waals surface area contributed by atoms with Crippen LogP contribution in [0.25, 0.3) is 10.1 Å². The number of rotatable bonds is 2. The Labute approximate surface area is 98.5 Å². The molecule has 0 atom stereocenters. The summed E-state index contributed by atoms with van der Waals surface area (Å²) in [5.74, 6) is -0.579. The molecular weight excluding hydrogens is 220 g/mol. The maximum Gasteiger partial charge on any atom is 0.346 e. The molecule has 0 saturated heterocycles. The summed E-state index contributed by atoms with van der Waals surface area (Å²) in [6.07, 6.45) is 0. The van der Waals surface area contributed by atoms with E-state index in [1.807, 2.05) is 32.9 Å². The highest BCUT2D eigenvalue weighted by Gasteiger charge is 2.19. The molecule has 1 aromatic heterocycles. The van der Waals surface area contributed by atoms with Crippen molar-refractivity contribution < 1.29 is 9.90 Å². The van der Waals surface area contributed by atoms with E-state index in [0.717, 1.165) is 15.6 Å². The Kier molecular flexibility index (Phi) is 2.72. The maximum atomic E-state index is 11.2. The van der Waals surface area contributed by atoms with Gasteiger partial charge in [-0.1, -0.05) is 31.5 Å². The van der Waals surface area contributed by atoms with Crippen molar-refractivity contribution in [1.82, 2.24) is 0 Å². The highest BCUT2D eigenvalue weighted by atomic mass is 32.1. The van der Waals surface area contributed by atoms with Gasteiger partial charge in [0, 0.05) is 4.70 Å². The summed E-state index contributed by atoms with van der Waals surface area (Å²) in [4.78, 5) is 11.7. The second-order valence-corrected chi connectivity index (χ2v) is 5.36. The minimum absolute atomic E-state index is 0.238. The SMILES string of the molecule is Cc1ccc2sc(C(=O)O)c(C(C)C)c2c1. The van der Waals surface area contributed by atoms with E-state index in [2.05, 4.69) is 6.07 Å². The van der Waals surface area contributed by atoms with Crippen molar-refractivity contribution in [2.24, 2.45) is 0 Å². The number of aryl methyl sites for hydroxylation is 1. The minimum atomic E-state index is -0.817. The topological polar surface area (TPSA) is 37.3 Å². The summed E-state index contributed by atoms with van der Waals surface area (Å²) in [6.45, 7) is 6.11. The van der Waals surface area contributed by atoms with Gasteiger partial charge < -0.3 is 5.11 Å². The third-order valence-electron chi connectivity index (χ3n) is 2.65. The van der Waals surface area contributed by atoms with Crippen molar-refractivity contribution in [1.29, 1.82) is 0 Å². The van der Waals surface area contributed by atoms with Crippen LogP contribution < -0.4 is 0 Å². The second-order valence-electron chi connectivity index (χ2n) is 4.30. The first kappa shape index (κ1) is 11.1. The van der Waals surface area contributed by atoms with Crippen LogP contribution in [0.15, 0.2) is 18.2 Å². The summed E-state index contributed by atoms with van der Waals surface area (Å²) >= 11 is 1.37. The number of benzene rings is 1. The molecule has 0 saturated carbocycles. The van der Waals surface area contributed by atoms with Crippen molar-refractivity contribution in [3.8, 4) is 0 Å². The number of carboxylic acid groups (broad SMARTS) is 1. The lowest BCUT2D eigenvalue weighted by molar-refractivity contribution is 0.0701. The lowest BCUT2D eigenvalue weighted by Crippen LogP contribution is -1.99. The van der Waals surface area contributed by atoms with E-state index in [1.165, 1.54) is 16.9 Å². The fraction of sp³-hybridized carbons (Fsp3) is 0.308. The van der Waals surface area contributed by atoms with Gasteiger partial charge in [0.1, 0.15) is 4.88 Å². The lowest BCUT2D eigenvalue weighted by Gasteiger charge is -2.05. The molecule has 0 bridgehead atoms. The van der Waals surface area contributed by atoms with Crippen LogP contribution in [-0.2, 0) is 0 Å². The average molecular weight is 234 g/mol. The Morgan fingerprint density at radius 2 is 2.06 bits per heavy atom. The monoisotopic (exact) mass is 234 g/mol. The third-order valence-corrected chi connectivity index (χ3v) is 3.83. The van der Waals surface area contributed by atoms with Crippen LogP contribution in [0, 0.1) is 6.92 Å². The summed E-state index contributed by atoms with van der Waals surface area (Å²) in [6, 6.07) is 6.11. The predicted octanol–water partition coefficient (Wildman–Crippen LogP) is 4.03. The Bertz CT molecular complexity index is 552. The fourth-order valence-corrected chi connectivity index (χ4v) is 3.14. The third kappa shape index (κ3) is 1.71. The number of hydrogen-bond acceptors (Lipinski definition) is 2. The second kappa shape index (κ2) is 3.91. The largest absolute Gasteiger partial charge is 0.477 e. The molecule has 0 amide bonds. The van der Waals surface area contributed by atoms with E-state index >= 15 is 0 Å². The highest BCUT2D eigenvalue weighted by molar-refractivity contribution is 7.21. The normalized spacial score (nSPS) is 11.2. The van der Waals surface area contributed by atoms with Crippen molar-refractivity contribution in [3.63, 3.8) is 0 Å². The van der Waals surface area contributed by atoms with Crippen molar-refractivity contribution in [3.05, 3.63) is 34.2 Å². The number of hydrogen-bond donors (Lipinski definition) is 1. The van der Waals surface area contributed by atoms with Gasteiger partial charge in [-0.25, -0.2) is 4.79 Å². The predicted molar refractivity (Wildman–Crippen MR) is 67.6 cm³/mol. The van der Waals surface area contributed by atoms with Gasteiger partial charge in [-0.3, -0.25) is 0 Å². The van der Waals surface area contributed by atoms with Crippen LogP contribution in [0.5, 0.6) is 0 Å². The summed E-state index contributed by atoms with van der Waals surface area (Å²) in [5.41, 5.74) is 2.14. The zero-order chi connectivity index (χ0) is 11.9. The molecule has 2 nitrogen and oxygen atoms in total. The van der Waals surface area contributed by atoms with Crippen LogP contribution in [0.4, 0.5) is 0 Å². The first-order valence-corrected chi connectivity index (χ1v) is 6.08. The molecule has 0 aliphatic carbocycles. The van der Waals surface area contributed by atoms with E-state index in [0.29, 0.717) is 4.88 Å². The first-order valence-electron chi connectivity index (χ1n) is 5.27. The molecule has 0 unspecified atom stereocenters. The molecule has 0 fully saturated rings. The van der Waals surface area contributed by atoms with Crippen molar-refractivity contribution >= 4 is 27.4 Å². The molecular formula is C13H14O2S. The first-order chi connectivity index (χ1) is 7.50. The van der Waals surface area contributed by atoms with E-state index in [9.17, 15) is 9.90 Å². The minimum Gasteiger partial charge on any atom is -0.477 e. The Hall–Kier alpha value is -1.35. The number of carbonyl (C=O) groups is 1.